The average molecular weight is 334 g/mol. The summed E-state index contributed by atoms with van der Waals surface area (Å²) < 4.78 is 50.9. The third-order valence-corrected chi connectivity index (χ3v) is 5.85. The van der Waals surface area contributed by atoms with E-state index in [0.29, 0.717) is 0 Å². The second kappa shape index (κ2) is 6.43. The van der Waals surface area contributed by atoms with Crippen LogP contribution in [0.2, 0.25) is 0 Å². The van der Waals surface area contributed by atoms with Crippen molar-refractivity contribution in [3.8, 4) is 0 Å². The third-order valence-electron chi connectivity index (χ3n) is 3.00. The molecule has 0 saturated carbocycles. The molecule has 120 valence electrons. The quantitative estimate of drug-likeness (QED) is 0.805. The molecular weight excluding hydrogens is 312 g/mol. The van der Waals surface area contributed by atoms with Gasteiger partial charge < -0.3 is 0 Å². The van der Waals surface area contributed by atoms with Crippen molar-refractivity contribution in [1.29, 1.82) is 0 Å². The number of hydrogen-bond donors (Lipinski definition) is 2. The van der Waals surface area contributed by atoms with Gasteiger partial charge in [0, 0.05) is 6.54 Å². The fourth-order valence-electron chi connectivity index (χ4n) is 1.63. The Bertz CT molecular complexity index is 672. The van der Waals surface area contributed by atoms with Crippen LogP contribution in [-0.2, 0) is 25.5 Å². The highest BCUT2D eigenvalue weighted by Crippen LogP contribution is 2.23. The second-order valence-corrected chi connectivity index (χ2v) is 9.51. The van der Waals surface area contributed by atoms with Crippen LogP contribution in [0, 0.1) is 0 Å². The van der Waals surface area contributed by atoms with Crippen LogP contribution < -0.4 is 9.44 Å². The molecule has 2 N–H and O–H groups in total. The summed E-state index contributed by atoms with van der Waals surface area (Å²) in [6, 6.07) is 6.57. The van der Waals surface area contributed by atoms with Crippen LogP contribution in [0.3, 0.4) is 0 Å². The molecule has 0 bridgehead atoms. The molecule has 0 amide bonds. The van der Waals surface area contributed by atoms with Crippen molar-refractivity contribution in [2.45, 2.75) is 31.1 Å². The molecule has 0 heterocycles. The zero-order valence-corrected chi connectivity index (χ0v) is 14.3. The Kier molecular flexibility index (Phi) is 5.54. The zero-order chi connectivity index (χ0) is 16.3. The number of benzene rings is 1. The number of sulfonamides is 2. The average Bonchev–Trinajstić information content (AvgIpc) is 2.37. The lowest BCUT2D eigenvalue weighted by Crippen LogP contribution is -2.33. The summed E-state index contributed by atoms with van der Waals surface area (Å²) in [5.41, 5.74) is 0.968. The molecule has 0 atom stereocenters. The first-order chi connectivity index (χ1) is 9.48. The van der Waals surface area contributed by atoms with E-state index in [-0.39, 0.29) is 22.6 Å². The molecule has 1 aromatic carbocycles. The van der Waals surface area contributed by atoms with E-state index in [9.17, 15) is 16.8 Å². The van der Waals surface area contributed by atoms with Crippen LogP contribution in [0.4, 0.5) is 0 Å². The minimum absolute atomic E-state index is 0.0589. The molecule has 0 aromatic heterocycles. The van der Waals surface area contributed by atoms with Gasteiger partial charge in [-0.25, -0.2) is 26.3 Å². The minimum atomic E-state index is -3.70. The topological polar surface area (TPSA) is 92.3 Å². The Morgan fingerprint density at radius 3 is 1.95 bits per heavy atom. The summed E-state index contributed by atoms with van der Waals surface area (Å²) >= 11 is 0. The molecule has 0 spiro atoms. The van der Waals surface area contributed by atoms with E-state index in [1.165, 1.54) is 19.2 Å². The molecule has 0 aliphatic rings. The van der Waals surface area contributed by atoms with Gasteiger partial charge in [-0.3, -0.25) is 0 Å². The molecule has 0 fully saturated rings. The molecule has 6 nitrogen and oxygen atoms in total. The SMILES string of the molecule is CNS(=O)(=O)CCNS(=O)(=O)c1ccc(C(C)(C)C)cc1. The predicted octanol–water partition coefficient (Wildman–Crippen LogP) is 0.812. The first-order valence-corrected chi connectivity index (χ1v) is 9.63. The Hall–Kier alpha value is -0.960. The van der Waals surface area contributed by atoms with Crippen LogP contribution >= 0.6 is 0 Å². The monoisotopic (exact) mass is 334 g/mol. The summed E-state index contributed by atoms with van der Waals surface area (Å²) in [5, 5.41) is 0. The molecule has 0 unspecified atom stereocenters. The van der Waals surface area contributed by atoms with E-state index >= 15 is 0 Å². The molecule has 0 aliphatic carbocycles. The lowest BCUT2D eigenvalue weighted by Gasteiger charge is -2.19. The van der Waals surface area contributed by atoms with Gasteiger partial charge in [0.1, 0.15) is 0 Å². The fraction of sp³-hybridized carbons (Fsp3) is 0.538. The highest BCUT2D eigenvalue weighted by atomic mass is 32.2. The normalized spacial score (nSPS) is 13.3. The van der Waals surface area contributed by atoms with Gasteiger partial charge in [0.25, 0.3) is 0 Å². The van der Waals surface area contributed by atoms with E-state index in [1.807, 2.05) is 20.8 Å². The van der Waals surface area contributed by atoms with Gasteiger partial charge in [0.15, 0.2) is 0 Å². The Balaban J connectivity index is 2.80. The molecule has 0 aliphatic heterocycles. The van der Waals surface area contributed by atoms with Crippen LogP contribution in [0.25, 0.3) is 0 Å². The van der Waals surface area contributed by atoms with Gasteiger partial charge in [0.2, 0.25) is 20.0 Å². The molecule has 1 aromatic rings. The Morgan fingerprint density at radius 1 is 1.00 bits per heavy atom. The first kappa shape index (κ1) is 18.1. The van der Waals surface area contributed by atoms with Crippen molar-refractivity contribution in [2.24, 2.45) is 0 Å². The first-order valence-electron chi connectivity index (χ1n) is 6.49. The predicted molar refractivity (Wildman–Crippen MR) is 83.2 cm³/mol. The van der Waals surface area contributed by atoms with Gasteiger partial charge in [-0.1, -0.05) is 32.9 Å². The van der Waals surface area contributed by atoms with E-state index in [0.717, 1.165) is 5.56 Å². The summed E-state index contributed by atoms with van der Waals surface area (Å²) in [5.74, 6) is -0.303. The van der Waals surface area contributed by atoms with Crippen molar-refractivity contribution in [2.75, 3.05) is 19.3 Å². The molecule has 8 heteroatoms. The van der Waals surface area contributed by atoms with Crippen molar-refractivity contribution in [1.82, 2.24) is 9.44 Å². The highest BCUT2D eigenvalue weighted by molar-refractivity contribution is 7.90. The smallest absolute Gasteiger partial charge is 0.218 e. The van der Waals surface area contributed by atoms with Crippen molar-refractivity contribution < 1.29 is 16.8 Å². The Morgan fingerprint density at radius 2 is 1.52 bits per heavy atom. The van der Waals surface area contributed by atoms with Crippen molar-refractivity contribution >= 4 is 20.0 Å². The van der Waals surface area contributed by atoms with E-state index in [2.05, 4.69) is 9.44 Å². The third kappa shape index (κ3) is 5.39. The van der Waals surface area contributed by atoms with Gasteiger partial charge in [-0.2, -0.15) is 0 Å². The summed E-state index contributed by atoms with van der Waals surface area (Å²) in [7, 11) is -5.84. The number of hydrogen-bond acceptors (Lipinski definition) is 4. The number of nitrogens with one attached hydrogen (secondary N) is 2. The van der Waals surface area contributed by atoms with Crippen LogP contribution in [0.1, 0.15) is 26.3 Å². The van der Waals surface area contributed by atoms with Crippen LogP contribution in [0.15, 0.2) is 29.2 Å². The molecule has 1 rings (SSSR count). The highest BCUT2D eigenvalue weighted by Gasteiger charge is 2.18. The summed E-state index contributed by atoms with van der Waals surface area (Å²) in [6.07, 6.45) is 0. The Labute approximate surface area is 127 Å². The van der Waals surface area contributed by atoms with E-state index in [1.54, 1.807) is 12.1 Å². The van der Waals surface area contributed by atoms with E-state index < -0.39 is 20.0 Å². The largest absolute Gasteiger partial charge is 0.240 e. The fourth-order valence-corrected chi connectivity index (χ4v) is 3.37. The van der Waals surface area contributed by atoms with Gasteiger partial charge in [0.05, 0.1) is 10.6 Å². The van der Waals surface area contributed by atoms with Crippen LogP contribution in [-0.4, -0.2) is 36.2 Å². The maximum atomic E-state index is 12.0. The molecular formula is C13H22N2O4S2. The number of rotatable bonds is 6. The van der Waals surface area contributed by atoms with Gasteiger partial charge in [-0.05, 0) is 30.2 Å². The van der Waals surface area contributed by atoms with Crippen LogP contribution in [0.5, 0.6) is 0 Å². The second-order valence-electron chi connectivity index (χ2n) is 5.70. The van der Waals surface area contributed by atoms with Gasteiger partial charge in [-0.15, -0.1) is 0 Å². The maximum Gasteiger partial charge on any atom is 0.240 e. The van der Waals surface area contributed by atoms with Crippen molar-refractivity contribution in [3.05, 3.63) is 29.8 Å². The van der Waals surface area contributed by atoms with Gasteiger partial charge >= 0.3 is 0 Å². The lowest BCUT2D eigenvalue weighted by molar-refractivity contribution is 0.576. The standard InChI is InChI=1S/C13H22N2O4S2/c1-13(2,3)11-5-7-12(8-6-11)21(18,19)15-9-10-20(16,17)14-4/h5-8,14-15H,9-10H2,1-4H3. The zero-order valence-electron chi connectivity index (χ0n) is 12.7. The maximum absolute atomic E-state index is 12.0. The molecule has 0 saturated heterocycles. The molecule has 21 heavy (non-hydrogen) atoms. The lowest BCUT2D eigenvalue weighted by atomic mass is 9.87. The van der Waals surface area contributed by atoms with Crippen molar-refractivity contribution in [3.63, 3.8) is 0 Å². The molecule has 0 radical (unpaired) electrons. The summed E-state index contributed by atoms with van der Waals surface area (Å²) in [6.45, 7) is 5.94. The summed E-state index contributed by atoms with van der Waals surface area (Å²) in [4.78, 5) is 0.123. The van der Waals surface area contributed by atoms with E-state index in [4.69, 9.17) is 0 Å². The minimum Gasteiger partial charge on any atom is -0.218 e.